The fourth-order valence-electron chi connectivity index (χ4n) is 5.95. The zero-order chi connectivity index (χ0) is 21.5. The van der Waals surface area contributed by atoms with E-state index in [1.165, 1.54) is 16.5 Å². The number of nitrogens with zero attached hydrogens (tertiary/aromatic N) is 1. The molecular formula is C26H27N3O2. The number of carbonyl (C=O) groups is 1. The number of aromatic amines is 1. The SMILES string of the molecule is CCOc1cc2c3c(c1)C1(NCCc4c1[nH]c1ccccc41)C(=O)N3C(C)(C)C=C2C. The topological polar surface area (TPSA) is 57.4 Å². The Morgan fingerprint density at radius 3 is 2.81 bits per heavy atom. The van der Waals surface area contributed by atoms with Gasteiger partial charge in [0.1, 0.15) is 5.75 Å². The van der Waals surface area contributed by atoms with Gasteiger partial charge in [0.25, 0.3) is 5.91 Å². The minimum absolute atomic E-state index is 0.0821. The number of nitrogens with one attached hydrogen (secondary N) is 2. The minimum atomic E-state index is -0.931. The highest BCUT2D eigenvalue weighted by Crippen LogP contribution is 2.55. The molecular weight excluding hydrogens is 386 g/mol. The average molecular weight is 414 g/mol. The summed E-state index contributed by atoms with van der Waals surface area (Å²) in [4.78, 5) is 20.0. The van der Waals surface area contributed by atoms with Gasteiger partial charge in [-0.05, 0) is 63.5 Å². The van der Waals surface area contributed by atoms with Crippen molar-refractivity contribution < 1.29 is 9.53 Å². The van der Waals surface area contributed by atoms with Gasteiger partial charge in [-0.15, -0.1) is 0 Å². The minimum Gasteiger partial charge on any atom is -0.494 e. The number of fused-ring (bicyclic) bond motifs is 5. The van der Waals surface area contributed by atoms with E-state index in [4.69, 9.17) is 4.74 Å². The van der Waals surface area contributed by atoms with Crippen LogP contribution in [0.3, 0.4) is 0 Å². The van der Waals surface area contributed by atoms with Gasteiger partial charge in [0.05, 0.1) is 23.5 Å². The van der Waals surface area contributed by atoms with Crippen LogP contribution in [0.4, 0.5) is 5.69 Å². The van der Waals surface area contributed by atoms with Crippen molar-refractivity contribution in [3.8, 4) is 5.75 Å². The van der Waals surface area contributed by atoms with Crippen LogP contribution in [0.1, 0.15) is 50.1 Å². The first-order chi connectivity index (χ1) is 14.9. The Bertz CT molecular complexity index is 1300. The van der Waals surface area contributed by atoms with E-state index in [0.717, 1.165) is 46.7 Å². The molecule has 1 atom stereocenters. The molecule has 5 heteroatoms. The number of aromatic nitrogens is 1. The van der Waals surface area contributed by atoms with Gasteiger partial charge in [-0.3, -0.25) is 10.1 Å². The summed E-state index contributed by atoms with van der Waals surface area (Å²) < 4.78 is 5.95. The Balaban J connectivity index is 1.72. The summed E-state index contributed by atoms with van der Waals surface area (Å²) in [6.45, 7) is 9.68. The molecule has 4 heterocycles. The van der Waals surface area contributed by atoms with Crippen LogP contribution in [0.5, 0.6) is 5.75 Å². The molecule has 1 aromatic heterocycles. The number of amides is 1. The summed E-state index contributed by atoms with van der Waals surface area (Å²) >= 11 is 0. The molecule has 6 rings (SSSR count). The fraction of sp³-hybridized carbons (Fsp3) is 0.346. The normalized spacial score (nSPS) is 23.2. The third-order valence-electron chi connectivity index (χ3n) is 7.07. The van der Waals surface area contributed by atoms with E-state index in [9.17, 15) is 4.79 Å². The highest BCUT2D eigenvalue weighted by Gasteiger charge is 2.59. The van der Waals surface area contributed by atoms with E-state index in [0.29, 0.717) is 6.61 Å². The molecule has 1 amide bonds. The Morgan fingerprint density at radius 2 is 2.00 bits per heavy atom. The van der Waals surface area contributed by atoms with E-state index in [1.807, 2.05) is 17.9 Å². The van der Waals surface area contributed by atoms with Crippen molar-refractivity contribution in [2.24, 2.45) is 0 Å². The smallest absolute Gasteiger partial charge is 0.258 e. The molecule has 2 aromatic carbocycles. The number of ether oxygens (including phenoxy) is 1. The van der Waals surface area contributed by atoms with Gasteiger partial charge in [-0.25, -0.2) is 0 Å². The van der Waals surface area contributed by atoms with Crippen molar-refractivity contribution in [3.05, 3.63) is 64.9 Å². The summed E-state index contributed by atoms with van der Waals surface area (Å²) in [5.41, 5.74) is 6.21. The molecule has 3 aliphatic rings. The fourth-order valence-corrected chi connectivity index (χ4v) is 5.95. The lowest BCUT2D eigenvalue weighted by molar-refractivity contribution is -0.123. The third-order valence-corrected chi connectivity index (χ3v) is 7.07. The Labute approximate surface area is 182 Å². The molecule has 0 saturated heterocycles. The first kappa shape index (κ1) is 18.7. The molecule has 1 spiro atoms. The van der Waals surface area contributed by atoms with Crippen LogP contribution >= 0.6 is 0 Å². The number of hydrogen-bond acceptors (Lipinski definition) is 3. The lowest BCUT2D eigenvalue weighted by Crippen LogP contribution is -2.58. The Kier molecular flexibility index (Phi) is 3.63. The molecule has 3 aromatic rings. The van der Waals surface area contributed by atoms with Crippen LogP contribution in [0.15, 0.2) is 42.5 Å². The van der Waals surface area contributed by atoms with Crippen LogP contribution < -0.4 is 15.0 Å². The number of H-pyrrole nitrogens is 1. The van der Waals surface area contributed by atoms with Gasteiger partial charge < -0.3 is 14.6 Å². The number of para-hydroxylation sites is 1. The van der Waals surface area contributed by atoms with Gasteiger partial charge in [0, 0.05) is 28.6 Å². The van der Waals surface area contributed by atoms with Crippen molar-refractivity contribution in [1.29, 1.82) is 0 Å². The molecule has 2 N–H and O–H groups in total. The van der Waals surface area contributed by atoms with E-state index in [2.05, 4.69) is 67.5 Å². The molecule has 0 saturated carbocycles. The van der Waals surface area contributed by atoms with Crippen molar-refractivity contribution in [3.63, 3.8) is 0 Å². The van der Waals surface area contributed by atoms with Crippen LogP contribution in [-0.4, -0.2) is 29.6 Å². The second-order valence-electron chi connectivity index (χ2n) is 9.37. The molecule has 158 valence electrons. The number of anilines is 1. The first-order valence-electron chi connectivity index (χ1n) is 11.1. The maximum absolute atomic E-state index is 14.4. The van der Waals surface area contributed by atoms with Gasteiger partial charge in [-0.2, -0.15) is 0 Å². The molecule has 1 unspecified atom stereocenters. The van der Waals surface area contributed by atoms with Crippen LogP contribution in [0.2, 0.25) is 0 Å². The quantitative estimate of drug-likeness (QED) is 0.650. The van der Waals surface area contributed by atoms with Gasteiger partial charge in [0.15, 0.2) is 5.54 Å². The maximum Gasteiger partial charge on any atom is 0.258 e. The van der Waals surface area contributed by atoms with E-state index < -0.39 is 11.1 Å². The van der Waals surface area contributed by atoms with Crippen molar-refractivity contribution in [1.82, 2.24) is 10.3 Å². The summed E-state index contributed by atoms with van der Waals surface area (Å²) in [6.07, 6.45) is 3.09. The molecule has 0 fully saturated rings. The number of carbonyl (C=O) groups excluding carboxylic acids is 1. The lowest BCUT2D eigenvalue weighted by atomic mass is 9.81. The average Bonchev–Trinajstić information content (AvgIpc) is 3.23. The molecule has 5 nitrogen and oxygen atoms in total. The van der Waals surface area contributed by atoms with Crippen molar-refractivity contribution in [2.75, 3.05) is 18.1 Å². The van der Waals surface area contributed by atoms with E-state index in [1.54, 1.807) is 0 Å². The molecule has 0 radical (unpaired) electrons. The zero-order valence-corrected chi connectivity index (χ0v) is 18.4. The van der Waals surface area contributed by atoms with Crippen molar-refractivity contribution >= 4 is 28.1 Å². The number of allylic oxidation sites excluding steroid dienone is 1. The Morgan fingerprint density at radius 1 is 1.19 bits per heavy atom. The maximum atomic E-state index is 14.4. The zero-order valence-electron chi connectivity index (χ0n) is 18.4. The van der Waals surface area contributed by atoms with Crippen LogP contribution in [-0.2, 0) is 16.8 Å². The number of hydrogen-bond donors (Lipinski definition) is 2. The lowest BCUT2D eigenvalue weighted by Gasteiger charge is -2.40. The predicted molar refractivity (Wildman–Crippen MR) is 124 cm³/mol. The van der Waals surface area contributed by atoms with Gasteiger partial charge in [-0.1, -0.05) is 24.3 Å². The second-order valence-corrected chi connectivity index (χ2v) is 9.37. The molecule has 3 aliphatic heterocycles. The van der Waals surface area contributed by atoms with Gasteiger partial charge in [0.2, 0.25) is 0 Å². The van der Waals surface area contributed by atoms with Gasteiger partial charge >= 0.3 is 0 Å². The van der Waals surface area contributed by atoms with Crippen molar-refractivity contribution in [2.45, 2.75) is 45.2 Å². The second kappa shape index (κ2) is 6.01. The Hall–Kier alpha value is -3.05. The largest absolute Gasteiger partial charge is 0.494 e. The predicted octanol–water partition coefficient (Wildman–Crippen LogP) is 4.50. The number of benzene rings is 2. The summed E-state index contributed by atoms with van der Waals surface area (Å²) in [5.74, 6) is 0.890. The standard InChI is InChI=1S/C26H27N3O2/c1-5-31-16-12-19-15(2)14-25(3,4)29-22(19)20(13-16)26(24(29)30)23-18(10-11-27-26)17-8-6-7-9-21(17)28-23/h6-9,12-14,27-28H,5,10-11H2,1-4H3. The summed E-state index contributed by atoms with van der Waals surface area (Å²) in [7, 11) is 0. The molecule has 0 aliphatic carbocycles. The van der Waals surface area contributed by atoms with E-state index >= 15 is 0 Å². The monoisotopic (exact) mass is 413 g/mol. The highest BCUT2D eigenvalue weighted by molar-refractivity contribution is 6.15. The number of rotatable bonds is 2. The molecule has 0 bridgehead atoms. The summed E-state index contributed by atoms with van der Waals surface area (Å²) in [6, 6.07) is 12.5. The summed E-state index contributed by atoms with van der Waals surface area (Å²) in [5, 5.41) is 4.86. The highest BCUT2D eigenvalue weighted by atomic mass is 16.5. The van der Waals surface area contributed by atoms with Crippen LogP contribution in [0.25, 0.3) is 16.5 Å². The third kappa shape index (κ3) is 2.22. The van der Waals surface area contributed by atoms with E-state index in [-0.39, 0.29) is 5.91 Å². The molecule has 31 heavy (non-hydrogen) atoms. The van der Waals surface area contributed by atoms with Crippen LogP contribution in [0, 0.1) is 0 Å². The first-order valence-corrected chi connectivity index (χ1v) is 11.1.